The molecule has 250 valence electrons. The lowest BCUT2D eigenvalue weighted by molar-refractivity contribution is -0.132. The van der Waals surface area contributed by atoms with Gasteiger partial charge in [0.2, 0.25) is 5.13 Å². The van der Waals surface area contributed by atoms with Crippen LogP contribution in [-0.4, -0.2) is 46.8 Å². The normalized spacial score (nSPS) is 15.5. The number of hydrogen-bond donors (Lipinski definition) is 1. The van der Waals surface area contributed by atoms with E-state index >= 15 is 0 Å². The monoisotopic (exact) mass is 693 g/mol. The zero-order chi connectivity index (χ0) is 34.3. The molecule has 1 fully saturated rings. The molecule has 1 amide bonds. The molecule has 0 aliphatic carbocycles. The van der Waals surface area contributed by atoms with Gasteiger partial charge >= 0.3 is 5.91 Å². The zero-order valence-corrected chi connectivity index (χ0v) is 28.8. The van der Waals surface area contributed by atoms with Gasteiger partial charge in [0.05, 0.1) is 24.8 Å². The van der Waals surface area contributed by atoms with Crippen LogP contribution >= 0.6 is 23.1 Å². The number of aliphatic hydroxyl groups is 1. The smallest absolute Gasteiger partial charge is 0.301 e. The first-order chi connectivity index (χ1) is 23.9. The second-order valence-electron chi connectivity index (χ2n) is 11.1. The molecule has 1 unspecified atom stereocenters. The van der Waals surface area contributed by atoms with E-state index < -0.39 is 17.7 Å². The van der Waals surface area contributed by atoms with Crippen molar-refractivity contribution in [2.24, 2.45) is 0 Å². The van der Waals surface area contributed by atoms with Gasteiger partial charge in [-0.25, -0.2) is 0 Å². The lowest BCUT2D eigenvalue weighted by Gasteiger charge is -2.23. The van der Waals surface area contributed by atoms with Crippen LogP contribution in [0.4, 0.5) is 5.13 Å². The van der Waals surface area contributed by atoms with Gasteiger partial charge in [0.15, 0.2) is 15.8 Å². The second-order valence-corrected chi connectivity index (χ2v) is 13.2. The van der Waals surface area contributed by atoms with Gasteiger partial charge in [0, 0.05) is 11.3 Å². The average molecular weight is 694 g/mol. The largest absolute Gasteiger partial charge is 0.507 e. The summed E-state index contributed by atoms with van der Waals surface area (Å²) in [4.78, 5) is 29.0. The summed E-state index contributed by atoms with van der Waals surface area (Å²) in [5, 5.41) is 22.9. The van der Waals surface area contributed by atoms with Gasteiger partial charge in [-0.3, -0.25) is 14.5 Å². The van der Waals surface area contributed by atoms with Crippen LogP contribution < -0.4 is 19.1 Å². The minimum Gasteiger partial charge on any atom is -0.507 e. The van der Waals surface area contributed by atoms with Gasteiger partial charge < -0.3 is 19.3 Å². The van der Waals surface area contributed by atoms with Crippen molar-refractivity contribution in [1.29, 1.82) is 0 Å². The van der Waals surface area contributed by atoms with Crippen molar-refractivity contribution in [2.45, 2.75) is 36.4 Å². The van der Waals surface area contributed by atoms with Crippen LogP contribution in [0.1, 0.15) is 43.0 Å². The number of ketones is 1. The summed E-state index contributed by atoms with van der Waals surface area (Å²) in [6, 6.07) is 25.3. The number of anilines is 1. The lowest BCUT2D eigenvalue weighted by Crippen LogP contribution is -2.29. The Hall–Kier alpha value is -5.13. The molecule has 11 heteroatoms. The Bertz CT molecular complexity index is 2020. The third kappa shape index (κ3) is 7.18. The highest BCUT2D eigenvalue weighted by Gasteiger charge is 2.48. The van der Waals surface area contributed by atoms with Crippen LogP contribution in [-0.2, 0) is 15.3 Å². The number of hydrogen-bond acceptors (Lipinski definition) is 10. The maximum absolute atomic E-state index is 13.8. The fourth-order valence-corrected chi connectivity index (χ4v) is 7.45. The number of benzene rings is 4. The molecule has 1 saturated heterocycles. The molecule has 5 aromatic rings. The van der Waals surface area contributed by atoms with E-state index in [2.05, 4.69) is 41.0 Å². The van der Waals surface area contributed by atoms with Crippen LogP contribution in [0.5, 0.6) is 17.2 Å². The molecule has 1 N–H and O–H groups in total. The van der Waals surface area contributed by atoms with E-state index in [-0.39, 0.29) is 23.1 Å². The molecule has 0 radical (unpaired) electrons. The van der Waals surface area contributed by atoms with Crippen LogP contribution in [0.2, 0.25) is 0 Å². The maximum atomic E-state index is 13.8. The van der Waals surface area contributed by atoms with Gasteiger partial charge in [-0.05, 0) is 71.6 Å². The van der Waals surface area contributed by atoms with E-state index in [1.54, 1.807) is 48.5 Å². The molecular formula is C38H35N3O6S2. The van der Waals surface area contributed by atoms with E-state index in [0.717, 1.165) is 22.8 Å². The number of Topliss-reactive ketones (excluding diaryl/α,β-unsaturated/α-hetero) is 1. The Kier molecular flexibility index (Phi) is 10.6. The molecule has 1 aromatic heterocycles. The molecule has 0 spiro atoms. The van der Waals surface area contributed by atoms with Crippen LogP contribution in [0.3, 0.4) is 0 Å². The molecule has 6 rings (SSSR count). The zero-order valence-electron chi connectivity index (χ0n) is 27.1. The molecule has 1 aliphatic heterocycles. The van der Waals surface area contributed by atoms with Crippen molar-refractivity contribution < 1.29 is 28.9 Å². The predicted octanol–water partition coefficient (Wildman–Crippen LogP) is 8.36. The van der Waals surface area contributed by atoms with Gasteiger partial charge in [-0.15, -0.1) is 10.2 Å². The van der Waals surface area contributed by atoms with Crippen molar-refractivity contribution in [2.75, 3.05) is 24.7 Å². The number of aromatic nitrogens is 2. The maximum Gasteiger partial charge on any atom is 0.301 e. The molecule has 0 bridgehead atoms. The van der Waals surface area contributed by atoms with Crippen LogP contribution in [0.25, 0.3) is 16.5 Å². The van der Waals surface area contributed by atoms with E-state index in [4.69, 9.17) is 14.2 Å². The summed E-state index contributed by atoms with van der Waals surface area (Å²) in [6.45, 7) is 8.75. The van der Waals surface area contributed by atoms with E-state index in [1.165, 1.54) is 28.0 Å². The second kappa shape index (κ2) is 15.4. The van der Waals surface area contributed by atoms with E-state index in [0.29, 0.717) is 51.7 Å². The number of rotatable bonds is 14. The Morgan fingerprint density at radius 3 is 2.53 bits per heavy atom. The molecule has 4 aromatic carbocycles. The highest BCUT2D eigenvalue weighted by molar-refractivity contribution is 8.00. The first-order valence-corrected chi connectivity index (χ1v) is 17.7. The first-order valence-electron chi connectivity index (χ1n) is 15.9. The van der Waals surface area contributed by atoms with Crippen molar-refractivity contribution in [3.05, 3.63) is 120 Å². The fourth-order valence-electron chi connectivity index (χ4n) is 5.58. The molecule has 1 aliphatic rings. The minimum absolute atomic E-state index is 0.0745. The molecule has 2 heterocycles. The van der Waals surface area contributed by atoms with Crippen LogP contribution in [0.15, 0.2) is 107 Å². The lowest BCUT2D eigenvalue weighted by atomic mass is 9.95. The quantitative estimate of drug-likeness (QED) is 0.0306. The number of amides is 1. The number of ether oxygens (including phenoxy) is 3. The molecule has 49 heavy (non-hydrogen) atoms. The van der Waals surface area contributed by atoms with E-state index in [9.17, 15) is 14.7 Å². The highest BCUT2D eigenvalue weighted by atomic mass is 32.2. The third-order valence-electron chi connectivity index (χ3n) is 7.82. The predicted molar refractivity (Wildman–Crippen MR) is 194 cm³/mol. The molecule has 1 atom stereocenters. The van der Waals surface area contributed by atoms with Gasteiger partial charge in [0.1, 0.15) is 18.1 Å². The number of thioether (sulfide) groups is 1. The van der Waals surface area contributed by atoms with Crippen LogP contribution in [0, 0.1) is 0 Å². The Morgan fingerprint density at radius 2 is 1.76 bits per heavy atom. The molecule has 9 nitrogen and oxygen atoms in total. The Balaban J connectivity index is 1.39. The van der Waals surface area contributed by atoms with E-state index in [1.807, 2.05) is 32.0 Å². The number of carbonyl (C=O) groups excluding carboxylic acids is 2. The number of carbonyl (C=O) groups is 2. The summed E-state index contributed by atoms with van der Waals surface area (Å²) in [7, 11) is 0. The van der Waals surface area contributed by atoms with Gasteiger partial charge in [-0.1, -0.05) is 91.2 Å². The van der Waals surface area contributed by atoms with Crippen molar-refractivity contribution in [1.82, 2.24) is 10.2 Å². The SMILES string of the molecule is C=CCOc1ccc(C2/C(=C(\O)c3ccc(OCCC)cc3)C(=O)C(=O)N2c2nnc(SCc3cccc4ccccc34)s2)cc1OCC. The highest BCUT2D eigenvalue weighted by Crippen LogP contribution is 2.46. The number of aliphatic hydroxyl groups excluding tert-OH is 1. The fraction of sp³-hybridized carbons (Fsp3) is 0.211. The summed E-state index contributed by atoms with van der Waals surface area (Å²) in [5.74, 6) is 0.212. The average Bonchev–Trinajstić information content (AvgIpc) is 3.70. The minimum atomic E-state index is -1.02. The Morgan fingerprint density at radius 1 is 0.959 bits per heavy atom. The molecule has 0 saturated carbocycles. The standard InChI is InChI=1S/C38H35N3O6S2/c1-4-20-46-28-17-14-25(15-18-28)34(42)32-33(26-16-19-30(47-21-5-2)31(22-26)45-6-3)41(36(44)35(32)43)37-39-40-38(49-37)48-23-27-12-9-11-24-10-7-8-13-29(24)27/h5,7-19,22,33,42H,2,4,6,20-21,23H2,1,3H3/b34-32+. The van der Waals surface area contributed by atoms with Crippen molar-refractivity contribution in [3.63, 3.8) is 0 Å². The van der Waals surface area contributed by atoms with Crippen molar-refractivity contribution in [3.8, 4) is 17.2 Å². The number of fused-ring (bicyclic) bond motifs is 1. The summed E-state index contributed by atoms with van der Waals surface area (Å²) >= 11 is 2.71. The summed E-state index contributed by atoms with van der Waals surface area (Å²) in [6.07, 6.45) is 2.48. The Labute approximate surface area is 292 Å². The first kappa shape index (κ1) is 33.8. The van der Waals surface area contributed by atoms with Crippen molar-refractivity contribution >= 4 is 56.5 Å². The number of nitrogens with zero attached hydrogens (tertiary/aromatic N) is 3. The third-order valence-corrected chi connectivity index (χ3v) is 9.92. The summed E-state index contributed by atoms with van der Waals surface area (Å²) < 4.78 is 18.0. The van der Waals surface area contributed by atoms with Gasteiger partial charge in [0.25, 0.3) is 5.78 Å². The van der Waals surface area contributed by atoms with Gasteiger partial charge in [-0.2, -0.15) is 0 Å². The summed E-state index contributed by atoms with van der Waals surface area (Å²) in [5.41, 5.74) is 1.97. The topological polar surface area (TPSA) is 111 Å². The molecular weight excluding hydrogens is 659 g/mol.